The molecule has 1 heterocycles. The van der Waals surface area contributed by atoms with Gasteiger partial charge in [0.2, 0.25) is 11.8 Å². The standard InChI is InChI=1S/C25H32N2O3/c1-3-16(2)26(21-12-22(28)27(23(21)29)20-7-5-4-6-8-20)24(30)25-13-17-9-18(14-25)11-19(10-17)15-25/h4-8,16-19,21H,3,9-15H2,1-2H3. The van der Waals surface area contributed by atoms with E-state index in [1.807, 2.05) is 30.0 Å². The van der Waals surface area contributed by atoms with Crippen LogP contribution in [0.3, 0.4) is 0 Å². The van der Waals surface area contributed by atoms with Crippen LogP contribution in [0.4, 0.5) is 5.69 Å². The monoisotopic (exact) mass is 408 g/mol. The Morgan fingerprint density at radius 1 is 1.07 bits per heavy atom. The second-order valence-electron chi connectivity index (χ2n) is 10.3. The van der Waals surface area contributed by atoms with Gasteiger partial charge in [-0.1, -0.05) is 25.1 Å². The van der Waals surface area contributed by atoms with E-state index in [4.69, 9.17) is 0 Å². The summed E-state index contributed by atoms with van der Waals surface area (Å²) in [6.45, 7) is 4.09. The number of hydrogen-bond donors (Lipinski definition) is 0. The minimum atomic E-state index is -0.673. The van der Waals surface area contributed by atoms with Gasteiger partial charge < -0.3 is 4.90 Å². The molecule has 5 heteroatoms. The molecule has 4 aliphatic carbocycles. The van der Waals surface area contributed by atoms with Crippen LogP contribution in [0.15, 0.2) is 30.3 Å². The molecule has 160 valence electrons. The molecule has 2 unspecified atom stereocenters. The van der Waals surface area contributed by atoms with Gasteiger partial charge in [0.1, 0.15) is 6.04 Å². The van der Waals surface area contributed by atoms with Crippen LogP contribution in [-0.2, 0) is 14.4 Å². The van der Waals surface area contributed by atoms with Crippen molar-refractivity contribution >= 4 is 23.4 Å². The van der Waals surface area contributed by atoms with E-state index in [1.54, 1.807) is 12.1 Å². The minimum absolute atomic E-state index is 0.0528. The molecule has 1 aromatic rings. The largest absolute Gasteiger partial charge is 0.327 e. The summed E-state index contributed by atoms with van der Waals surface area (Å²) in [7, 11) is 0. The second-order valence-corrected chi connectivity index (χ2v) is 10.3. The molecular weight excluding hydrogens is 376 g/mol. The number of carbonyl (C=O) groups excluding carboxylic acids is 3. The molecule has 30 heavy (non-hydrogen) atoms. The predicted octanol–water partition coefficient (Wildman–Crippen LogP) is 4.16. The molecule has 0 radical (unpaired) electrons. The van der Waals surface area contributed by atoms with Crippen LogP contribution in [0.1, 0.15) is 65.2 Å². The van der Waals surface area contributed by atoms with Gasteiger partial charge in [-0.05, 0) is 81.8 Å². The van der Waals surface area contributed by atoms with E-state index in [0.717, 1.165) is 25.7 Å². The number of para-hydroxylation sites is 1. The summed E-state index contributed by atoms with van der Waals surface area (Å²) in [5, 5.41) is 0. The Morgan fingerprint density at radius 2 is 1.63 bits per heavy atom. The summed E-state index contributed by atoms with van der Waals surface area (Å²) < 4.78 is 0. The van der Waals surface area contributed by atoms with Gasteiger partial charge in [0.15, 0.2) is 0 Å². The zero-order valence-electron chi connectivity index (χ0n) is 18.0. The van der Waals surface area contributed by atoms with Crippen molar-refractivity contribution in [2.24, 2.45) is 23.2 Å². The Kier molecular flexibility index (Phi) is 4.75. The Morgan fingerprint density at radius 3 is 2.17 bits per heavy atom. The first-order chi connectivity index (χ1) is 14.4. The first kappa shape index (κ1) is 19.8. The average molecular weight is 409 g/mol. The van der Waals surface area contributed by atoms with Crippen LogP contribution < -0.4 is 4.90 Å². The maximum absolute atomic E-state index is 14.1. The van der Waals surface area contributed by atoms with Crippen LogP contribution in [0.25, 0.3) is 0 Å². The maximum atomic E-state index is 14.1. The first-order valence-electron chi connectivity index (χ1n) is 11.7. The Balaban J connectivity index is 1.46. The molecule has 6 rings (SSSR count). The smallest absolute Gasteiger partial charge is 0.257 e. The van der Waals surface area contributed by atoms with Crippen LogP contribution in [-0.4, -0.2) is 34.7 Å². The number of anilines is 1. The summed E-state index contributed by atoms with van der Waals surface area (Å²) in [4.78, 5) is 43.5. The van der Waals surface area contributed by atoms with Crippen molar-refractivity contribution in [3.63, 3.8) is 0 Å². The fourth-order valence-electron chi connectivity index (χ4n) is 7.17. The topological polar surface area (TPSA) is 57.7 Å². The molecule has 5 fully saturated rings. The van der Waals surface area contributed by atoms with Crippen LogP contribution >= 0.6 is 0 Å². The number of amides is 3. The van der Waals surface area contributed by atoms with E-state index in [-0.39, 0.29) is 35.6 Å². The normalized spacial score (nSPS) is 35.7. The first-order valence-corrected chi connectivity index (χ1v) is 11.7. The third kappa shape index (κ3) is 3.00. The Hall–Kier alpha value is -2.17. The summed E-state index contributed by atoms with van der Waals surface area (Å²) in [6.07, 6.45) is 7.62. The van der Waals surface area contributed by atoms with E-state index in [2.05, 4.69) is 6.92 Å². The van der Waals surface area contributed by atoms with E-state index < -0.39 is 6.04 Å². The third-order valence-electron chi connectivity index (χ3n) is 8.27. The molecule has 1 aliphatic heterocycles. The van der Waals surface area contributed by atoms with E-state index in [0.29, 0.717) is 23.4 Å². The molecule has 5 nitrogen and oxygen atoms in total. The van der Waals surface area contributed by atoms with E-state index >= 15 is 0 Å². The molecule has 2 atom stereocenters. The quantitative estimate of drug-likeness (QED) is 0.688. The summed E-state index contributed by atoms with van der Waals surface area (Å²) in [5.74, 6) is 1.70. The zero-order valence-corrected chi connectivity index (χ0v) is 18.0. The van der Waals surface area contributed by atoms with Crippen molar-refractivity contribution in [2.45, 2.75) is 77.3 Å². The molecule has 0 N–H and O–H groups in total. The van der Waals surface area contributed by atoms with Crippen molar-refractivity contribution in [3.8, 4) is 0 Å². The highest BCUT2D eigenvalue weighted by Gasteiger charge is 2.58. The van der Waals surface area contributed by atoms with Gasteiger partial charge in [-0.2, -0.15) is 0 Å². The lowest BCUT2D eigenvalue weighted by molar-refractivity contribution is -0.164. The van der Waals surface area contributed by atoms with Gasteiger partial charge in [0.25, 0.3) is 5.91 Å². The van der Waals surface area contributed by atoms with Gasteiger partial charge in [0.05, 0.1) is 17.5 Å². The third-order valence-corrected chi connectivity index (χ3v) is 8.27. The van der Waals surface area contributed by atoms with Crippen molar-refractivity contribution in [1.29, 1.82) is 0 Å². The Labute approximate surface area is 178 Å². The highest BCUT2D eigenvalue weighted by atomic mass is 16.2. The van der Waals surface area contributed by atoms with Crippen molar-refractivity contribution in [1.82, 2.24) is 4.90 Å². The number of imide groups is 1. The lowest BCUT2D eigenvalue weighted by Crippen LogP contribution is -2.59. The van der Waals surface area contributed by atoms with Gasteiger partial charge in [-0.3, -0.25) is 14.4 Å². The lowest BCUT2D eigenvalue weighted by atomic mass is 9.49. The van der Waals surface area contributed by atoms with E-state index in [9.17, 15) is 14.4 Å². The maximum Gasteiger partial charge on any atom is 0.257 e. The molecule has 3 amide bonds. The van der Waals surface area contributed by atoms with Crippen molar-refractivity contribution < 1.29 is 14.4 Å². The van der Waals surface area contributed by atoms with Gasteiger partial charge in [0, 0.05) is 6.04 Å². The molecule has 0 aromatic heterocycles. The Bertz CT molecular complexity index is 829. The minimum Gasteiger partial charge on any atom is -0.327 e. The summed E-state index contributed by atoms with van der Waals surface area (Å²) in [5.41, 5.74) is 0.295. The zero-order chi connectivity index (χ0) is 21.0. The molecule has 1 saturated heterocycles. The SMILES string of the molecule is CCC(C)N(C(=O)C12CC3CC(CC(C3)C1)C2)C1CC(=O)N(c2ccccc2)C1=O. The molecule has 5 aliphatic rings. The van der Waals surface area contributed by atoms with Gasteiger partial charge in [-0.25, -0.2) is 4.90 Å². The summed E-state index contributed by atoms with van der Waals surface area (Å²) in [6, 6.07) is 8.37. The lowest BCUT2D eigenvalue weighted by Gasteiger charge is -2.57. The molecule has 4 saturated carbocycles. The number of rotatable bonds is 5. The molecule has 0 spiro atoms. The van der Waals surface area contributed by atoms with Crippen molar-refractivity contribution in [2.75, 3.05) is 4.90 Å². The second kappa shape index (κ2) is 7.21. The number of hydrogen-bond acceptors (Lipinski definition) is 3. The van der Waals surface area contributed by atoms with E-state index in [1.165, 1.54) is 24.2 Å². The average Bonchev–Trinajstić information content (AvgIpc) is 3.01. The molecule has 1 aromatic carbocycles. The highest BCUT2D eigenvalue weighted by molar-refractivity contribution is 6.23. The fraction of sp³-hybridized carbons (Fsp3) is 0.640. The van der Waals surface area contributed by atoms with Crippen LogP contribution in [0, 0.1) is 23.2 Å². The number of carbonyl (C=O) groups is 3. The fourth-order valence-corrected chi connectivity index (χ4v) is 7.17. The number of benzene rings is 1. The highest BCUT2D eigenvalue weighted by Crippen LogP contribution is 2.61. The predicted molar refractivity (Wildman–Crippen MR) is 115 cm³/mol. The van der Waals surface area contributed by atoms with Gasteiger partial charge >= 0.3 is 0 Å². The van der Waals surface area contributed by atoms with Gasteiger partial charge in [-0.15, -0.1) is 0 Å². The number of nitrogens with zero attached hydrogens (tertiary/aromatic N) is 2. The summed E-state index contributed by atoms with van der Waals surface area (Å²) >= 11 is 0. The molecular formula is C25H32N2O3. The molecule has 4 bridgehead atoms. The van der Waals surface area contributed by atoms with Crippen LogP contribution in [0.5, 0.6) is 0 Å². The van der Waals surface area contributed by atoms with Crippen LogP contribution in [0.2, 0.25) is 0 Å². The van der Waals surface area contributed by atoms with Crippen molar-refractivity contribution in [3.05, 3.63) is 30.3 Å².